The van der Waals surface area contributed by atoms with Crippen molar-refractivity contribution in [3.05, 3.63) is 76.0 Å². The highest BCUT2D eigenvalue weighted by molar-refractivity contribution is 8.06. The van der Waals surface area contributed by atoms with Gasteiger partial charge in [-0.05, 0) is 19.1 Å². The smallest absolute Gasteiger partial charge is 0.303 e. The molecule has 2 aromatic carbocycles. The van der Waals surface area contributed by atoms with E-state index < -0.39 is 19.9 Å². The van der Waals surface area contributed by atoms with Crippen LogP contribution in [0.2, 0.25) is 0 Å². The second kappa shape index (κ2) is 6.52. The summed E-state index contributed by atoms with van der Waals surface area (Å²) in [6, 6.07) is 12.5. The minimum absolute atomic E-state index is 0.257. The van der Waals surface area contributed by atoms with Gasteiger partial charge in [0.25, 0.3) is 5.69 Å². The van der Waals surface area contributed by atoms with Crippen LogP contribution in [0.1, 0.15) is 16.1 Å². The predicted octanol–water partition coefficient (Wildman–Crippen LogP) is 3.17. The van der Waals surface area contributed by atoms with Crippen LogP contribution in [0, 0.1) is 17.0 Å². The van der Waals surface area contributed by atoms with Gasteiger partial charge in [0.1, 0.15) is 0 Å². The van der Waals surface area contributed by atoms with Gasteiger partial charge in [0.15, 0.2) is 11.5 Å². The van der Waals surface area contributed by atoms with Gasteiger partial charge in [-0.3, -0.25) is 14.9 Å². The topological polar surface area (TPSA) is 120 Å². The molecule has 8 nitrogen and oxygen atoms in total. The first-order valence-corrected chi connectivity index (χ1v) is 8.85. The van der Waals surface area contributed by atoms with Gasteiger partial charge >= 0.3 is 5.12 Å². The molecule has 3 aromatic rings. The number of sulfone groups is 1. The highest BCUT2D eigenvalue weighted by Crippen LogP contribution is 2.24. The van der Waals surface area contributed by atoms with Crippen LogP contribution < -0.4 is 0 Å². The molecule has 0 aliphatic heterocycles. The SMILES string of the molecule is Cc1ccc(-c2cc(C(=O)S(=O)(=O)c3ccc([N+](=O)[O-])cc3)no2)cc1. The minimum atomic E-state index is -4.39. The molecule has 1 heterocycles. The monoisotopic (exact) mass is 372 g/mol. The summed E-state index contributed by atoms with van der Waals surface area (Å²) in [6.07, 6.45) is 0. The van der Waals surface area contributed by atoms with Crippen LogP contribution in [0.5, 0.6) is 0 Å². The maximum absolute atomic E-state index is 12.4. The van der Waals surface area contributed by atoms with E-state index in [1.165, 1.54) is 6.07 Å². The molecule has 0 radical (unpaired) electrons. The largest absolute Gasteiger partial charge is 0.356 e. The summed E-state index contributed by atoms with van der Waals surface area (Å²) in [6.45, 7) is 1.91. The number of benzene rings is 2. The molecule has 1 aromatic heterocycles. The third kappa shape index (κ3) is 3.24. The number of nitro groups is 1. The maximum Gasteiger partial charge on any atom is 0.303 e. The fraction of sp³-hybridized carbons (Fsp3) is 0.0588. The summed E-state index contributed by atoms with van der Waals surface area (Å²) in [5.74, 6) is 0.257. The Morgan fingerprint density at radius 3 is 2.27 bits per heavy atom. The summed E-state index contributed by atoms with van der Waals surface area (Å²) >= 11 is 0. The highest BCUT2D eigenvalue weighted by Gasteiger charge is 2.30. The number of rotatable bonds is 4. The first-order valence-electron chi connectivity index (χ1n) is 7.36. The van der Waals surface area contributed by atoms with E-state index in [-0.39, 0.29) is 22.0 Å². The summed E-state index contributed by atoms with van der Waals surface area (Å²) in [5, 5.41) is 12.9. The average molecular weight is 372 g/mol. The van der Waals surface area contributed by atoms with E-state index in [1.54, 1.807) is 12.1 Å². The van der Waals surface area contributed by atoms with Crippen LogP contribution in [0.15, 0.2) is 64.0 Å². The van der Waals surface area contributed by atoms with Crippen molar-refractivity contribution in [2.75, 3.05) is 0 Å². The van der Waals surface area contributed by atoms with Crippen LogP contribution in [0.3, 0.4) is 0 Å². The first-order chi connectivity index (χ1) is 12.3. The van der Waals surface area contributed by atoms with Gasteiger partial charge in [0, 0.05) is 23.8 Å². The van der Waals surface area contributed by atoms with Crippen LogP contribution in [0.4, 0.5) is 5.69 Å². The molecule has 0 fully saturated rings. The van der Waals surface area contributed by atoms with Crippen molar-refractivity contribution in [1.82, 2.24) is 5.16 Å². The highest BCUT2D eigenvalue weighted by atomic mass is 32.2. The van der Waals surface area contributed by atoms with Crippen molar-refractivity contribution >= 4 is 20.6 Å². The molecule has 0 bridgehead atoms. The molecule has 0 spiro atoms. The number of non-ortho nitro benzene ring substituents is 1. The maximum atomic E-state index is 12.4. The lowest BCUT2D eigenvalue weighted by Gasteiger charge is -2.00. The van der Waals surface area contributed by atoms with Gasteiger partial charge in [-0.1, -0.05) is 35.0 Å². The molecule has 0 N–H and O–H groups in total. The molecule has 9 heteroatoms. The number of aryl methyl sites for hydroxylation is 1. The lowest BCUT2D eigenvalue weighted by molar-refractivity contribution is -0.384. The lowest BCUT2D eigenvalue weighted by atomic mass is 10.1. The van der Waals surface area contributed by atoms with Crippen molar-refractivity contribution < 1.29 is 22.7 Å². The second-order valence-electron chi connectivity index (χ2n) is 5.48. The standard InChI is InChI=1S/C17H12N2O6S/c1-11-2-4-12(5-3-11)16-10-15(18-25-16)17(20)26(23,24)14-8-6-13(7-9-14)19(21)22/h2-10H,1H3. The second-order valence-corrected chi connectivity index (χ2v) is 7.33. The Morgan fingerprint density at radius 1 is 1.08 bits per heavy atom. The number of nitrogens with zero attached hydrogens (tertiary/aromatic N) is 2. The lowest BCUT2D eigenvalue weighted by Crippen LogP contribution is -2.15. The van der Waals surface area contributed by atoms with Crippen molar-refractivity contribution in [3.8, 4) is 11.3 Å². The molecule has 0 unspecified atom stereocenters. The Kier molecular flexibility index (Phi) is 4.39. The molecular weight excluding hydrogens is 360 g/mol. The van der Waals surface area contributed by atoms with Crippen LogP contribution >= 0.6 is 0 Å². The Morgan fingerprint density at radius 2 is 1.69 bits per heavy atom. The van der Waals surface area contributed by atoms with E-state index >= 15 is 0 Å². The zero-order chi connectivity index (χ0) is 18.9. The van der Waals surface area contributed by atoms with Crippen molar-refractivity contribution in [1.29, 1.82) is 0 Å². The summed E-state index contributed by atoms with van der Waals surface area (Å²) in [7, 11) is -4.39. The van der Waals surface area contributed by atoms with Crippen LogP contribution in [-0.4, -0.2) is 23.6 Å². The number of nitro benzene ring substituents is 1. The fourth-order valence-electron chi connectivity index (χ4n) is 2.22. The summed E-state index contributed by atoms with van der Waals surface area (Å²) in [4.78, 5) is 22.0. The number of aromatic nitrogens is 1. The van der Waals surface area contributed by atoms with Gasteiger partial charge in [0.2, 0.25) is 9.84 Å². The minimum Gasteiger partial charge on any atom is -0.356 e. The molecule has 0 saturated heterocycles. The number of carbonyl (C=O) groups is 1. The predicted molar refractivity (Wildman–Crippen MR) is 91.3 cm³/mol. The Balaban J connectivity index is 1.91. The molecule has 0 amide bonds. The van der Waals surface area contributed by atoms with Gasteiger partial charge < -0.3 is 4.52 Å². The van der Waals surface area contributed by atoms with E-state index in [2.05, 4.69) is 5.16 Å². The molecule has 0 aliphatic carbocycles. The first kappa shape index (κ1) is 17.5. The zero-order valence-electron chi connectivity index (χ0n) is 13.4. The summed E-state index contributed by atoms with van der Waals surface area (Å²) < 4.78 is 29.9. The normalized spacial score (nSPS) is 11.3. The number of hydrogen-bond acceptors (Lipinski definition) is 7. The third-order valence-electron chi connectivity index (χ3n) is 3.66. The molecular formula is C17H12N2O6S. The third-order valence-corrected chi connectivity index (χ3v) is 5.25. The average Bonchev–Trinajstić information content (AvgIpc) is 3.11. The van der Waals surface area contributed by atoms with E-state index in [9.17, 15) is 23.3 Å². The van der Waals surface area contributed by atoms with Crippen LogP contribution in [-0.2, 0) is 9.84 Å². The molecule has 0 saturated carbocycles. The Hall–Kier alpha value is -3.33. The van der Waals surface area contributed by atoms with Crippen molar-refractivity contribution in [2.24, 2.45) is 0 Å². The molecule has 26 heavy (non-hydrogen) atoms. The Bertz CT molecular complexity index is 1080. The number of carbonyl (C=O) groups excluding carboxylic acids is 1. The van der Waals surface area contributed by atoms with E-state index in [0.717, 1.165) is 29.8 Å². The van der Waals surface area contributed by atoms with Crippen LogP contribution in [0.25, 0.3) is 11.3 Å². The molecule has 0 atom stereocenters. The van der Waals surface area contributed by atoms with Gasteiger partial charge in [-0.15, -0.1) is 0 Å². The van der Waals surface area contributed by atoms with Crippen molar-refractivity contribution in [3.63, 3.8) is 0 Å². The van der Waals surface area contributed by atoms with Gasteiger partial charge in [-0.25, -0.2) is 8.42 Å². The van der Waals surface area contributed by atoms with E-state index in [0.29, 0.717) is 5.56 Å². The van der Waals surface area contributed by atoms with Gasteiger partial charge in [-0.2, -0.15) is 0 Å². The Labute approximate surface area is 148 Å². The fourth-order valence-corrected chi connectivity index (χ4v) is 3.30. The molecule has 0 aliphatic rings. The quantitative estimate of drug-likeness (QED) is 0.509. The van der Waals surface area contributed by atoms with Crippen molar-refractivity contribution in [2.45, 2.75) is 11.8 Å². The molecule has 3 rings (SSSR count). The number of hydrogen-bond donors (Lipinski definition) is 0. The summed E-state index contributed by atoms with van der Waals surface area (Å²) in [5.41, 5.74) is 1.04. The van der Waals surface area contributed by atoms with E-state index in [4.69, 9.17) is 4.52 Å². The van der Waals surface area contributed by atoms with Gasteiger partial charge in [0.05, 0.1) is 9.82 Å². The zero-order valence-corrected chi connectivity index (χ0v) is 14.3. The molecule has 132 valence electrons. The van der Waals surface area contributed by atoms with E-state index in [1.807, 2.05) is 19.1 Å².